The van der Waals surface area contributed by atoms with Gasteiger partial charge in [-0.05, 0) is 89.6 Å². The molecule has 8 aromatic carbocycles. The Morgan fingerprint density at radius 2 is 0.756 bits per heavy atom. The fourth-order valence-corrected chi connectivity index (χ4v) is 6.70. The molecule has 41 heavy (non-hydrogen) atoms. The molecule has 0 spiro atoms. The minimum Gasteiger partial charge on any atom is -0.456 e. The van der Waals surface area contributed by atoms with Crippen molar-refractivity contribution in [3.8, 4) is 22.3 Å². The fraction of sp³-hybridized carbons (Fsp3) is 0. The molecule has 0 radical (unpaired) electrons. The van der Waals surface area contributed by atoms with E-state index < -0.39 is 0 Å². The van der Waals surface area contributed by atoms with Crippen LogP contribution < -0.4 is 0 Å². The van der Waals surface area contributed by atoms with Crippen molar-refractivity contribution in [3.63, 3.8) is 0 Å². The number of hydrogen-bond acceptors (Lipinski definition) is 1. The van der Waals surface area contributed by atoms with Gasteiger partial charge in [0.25, 0.3) is 0 Å². The highest BCUT2D eigenvalue weighted by Crippen LogP contribution is 2.39. The molecule has 0 atom stereocenters. The predicted molar refractivity (Wildman–Crippen MR) is 175 cm³/mol. The molecule has 0 bridgehead atoms. The van der Waals surface area contributed by atoms with Gasteiger partial charge in [-0.25, -0.2) is 0 Å². The van der Waals surface area contributed by atoms with E-state index in [9.17, 15) is 0 Å². The molecule has 1 heterocycles. The second-order valence-electron chi connectivity index (χ2n) is 10.9. The van der Waals surface area contributed by atoms with E-state index in [1.165, 1.54) is 65.3 Å². The Morgan fingerprint density at radius 3 is 1.27 bits per heavy atom. The lowest BCUT2D eigenvalue weighted by Gasteiger charge is -2.10. The lowest BCUT2D eigenvalue weighted by atomic mass is 9.93. The van der Waals surface area contributed by atoms with Crippen LogP contribution in [0.25, 0.3) is 87.3 Å². The summed E-state index contributed by atoms with van der Waals surface area (Å²) in [5.41, 5.74) is 6.69. The summed E-state index contributed by atoms with van der Waals surface area (Å²) in [6.45, 7) is 0. The van der Waals surface area contributed by atoms with Crippen LogP contribution in [-0.4, -0.2) is 0 Å². The van der Waals surface area contributed by atoms with Crippen molar-refractivity contribution in [2.45, 2.75) is 0 Å². The van der Waals surface area contributed by atoms with Crippen molar-refractivity contribution in [2.75, 3.05) is 0 Å². The smallest absolute Gasteiger partial charge is 0.135 e. The minimum absolute atomic E-state index is 0.913. The SMILES string of the molecule is c1ccc2c(c1)ccc1c(-c3ccc4oc5ccc(-c6cccc7c6ccc6ccccc67)cc5c4c3)cccc12. The molecule has 1 heteroatoms. The molecule has 1 aromatic heterocycles. The number of rotatable bonds is 2. The van der Waals surface area contributed by atoms with Crippen molar-refractivity contribution < 1.29 is 4.42 Å². The Kier molecular flexibility index (Phi) is 4.67. The maximum absolute atomic E-state index is 6.32. The highest BCUT2D eigenvalue weighted by Gasteiger charge is 2.14. The highest BCUT2D eigenvalue weighted by molar-refractivity contribution is 6.15. The molecular formula is C40H24O. The van der Waals surface area contributed by atoms with Gasteiger partial charge in [0.15, 0.2) is 0 Å². The zero-order chi connectivity index (χ0) is 26.9. The summed E-state index contributed by atoms with van der Waals surface area (Å²) in [5.74, 6) is 0. The molecular weight excluding hydrogens is 496 g/mol. The quantitative estimate of drug-likeness (QED) is 0.207. The molecule has 0 unspecified atom stereocenters. The first kappa shape index (κ1) is 22.4. The van der Waals surface area contributed by atoms with E-state index in [1.54, 1.807) is 0 Å². The maximum Gasteiger partial charge on any atom is 0.135 e. The van der Waals surface area contributed by atoms with Gasteiger partial charge in [0.1, 0.15) is 11.2 Å². The van der Waals surface area contributed by atoms with Crippen LogP contribution in [0.3, 0.4) is 0 Å². The van der Waals surface area contributed by atoms with Gasteiger partial charge in [0.2, 0.25) is 0 Å². The molecule has 0 saturated heterocycles. The van der Waals surface area contributed by atoms with Crippen LogP contribution in [0.4, 0.5) is 0 Å². The molecule has 9 aromatic rings. The van der Waals surface area contributed by atoms with Crippen LogP contribution in [0.1, 0.15) is 0 Å². The average Bonchev–Trinajstić information content (AvgIpc) is 3.41. The Morgan fingerprint density at radius 1 is 0.293 bits per heavy atom. The van der Waals surface area contributed by atoms with Gasteiger partial charge in [-0.15, -0.1) is 0 Å². The molecule has 0 fully saturated rings. The summed E-state index contributed by atoms with van der Waals surface area (Å²) in [6, 6.07) is 52.7. The molecule has 1 nitrogen and oxygen atoms in total. The zero-order valence-corrected chi connectivity index (χ0v) is 22.3. The van der Waals surface area contributed by atoms with E-state index in [2.05, 4.69) is 146 Å². The second kappa shape index (κ2) is 8.55. The number of hydrogen-bond donors (Lipinski definition) is 0. The average molecular weight is 521 g/mol. The van der Waals surface area contributed by atoms with Gasteiger partial charge in [-0.2, -0.15) is 0 Å². The summed E-state index contributed by atoms with van der Waals surface area (Å²) < 4.78 is 6.32. The summed E-state index contributed by atoms with van der Waals surface area (Å²) >= 11 is 0. The second-order valence-corrected chi connectivity index (χ2v) is 10.9. The van der Waals surface area contributed by atoms with E-state index in [1.807, 2.05) is 0 Å². The van der Waals surface area contributed by atoms with Gasteiger partial charge in [-0.1, -0.05) is 121 Å². The molecule has 0 aliphatic heterocycles. The molecule has 0 amide bonds. The van der Waals surface area contributed by atoms with Gasteiger partial charge in [0.05, 0.1) is 0 Å². The third-order valence-electron chi connectivity index (χ3n) is 8.66. The van der Waals surface area contributed by atoms with E-state index in [0.29, 0.717) is 0 Å². The van der Waals surface area contributed by atoms with E-state index in [-0.39, 0.29) is 0 Å². The Hall–Kier alpha value is -5.40. The molecule has 0 saturated carbocycles. The van der Waals surface area contributed by atoms with Gasteiger partial charge < -0.3 is 4.42 Å². The third kappa shape index (κ3) is 3.36. The first-order valence-corrected chi connectivity index (χ1v) is 14.1. The van der Waals surface area contributed by atoms with Gasteiger partial charge in [-0.3, -0.25) is 0 Å². The molecule has 0 N–H and O–H groups in total. The Labute approximate surface area is 236 Å². The van der Waals surface area contributed by atoms with Crippen molar-refractivity contribution in [2.24, 2.45) is 0 Å². The van der Waals surface area contributed by atoms with Gasteiger partial charge in [0, 0.05) is 10.8 Å². The zero-order valence-electron chi connectivity index (χ0n) is 22.3. The largest absolute Gasteiger partial charge is 0.456 e. The van der Waals surface area contributed by atoms with Crippen molar-refractivity contribution in [1.82, 2.24) is 0 Å². The summed E-state index contributed by atoms with van der Waals surface area (Å²) in [6.07, 6.45) is 0. The summed E-state index contributed by atoms with van der Waals surface area (Å²) in [5, 5.41) is 12.5. The molecule has 190 valence electrons. The van der Waals surface area contributed by atoms with Crippen LogP contribution in [0.15, 0.2) is 150 Å². The van der Waals surface area contributed by atoms with Crippen LogP contribution in [0.5, 0.6) is 0 Å². The highest BCUT2D eigenvalue weighted by atomic mass is 16.3. The van der Waals surface area contributed by atoms with Crippen LogP contribution in [-0.2, 0) is 0 Å². The molecule has 9 rings (SSSR count). The van der Waals surface area contributed by atoms with Crippen LogP contribution >= 0.6 is 0 Å². The van der Waals surface area contributed by atoms with E-state index in [0.717, 1.165) is 21.9 Å². The van der Waals surface area contributed by atoms with E-state index in [4.69, 9.17) is 4.42 Å². The topological polar surface area (TPSA) is 13.1 Å². The van der Waals surface area contributed by atoms with Crippen LogP contribution in [0.2, 0.25) is 0 Å². The van der Waals surface area contributed by atoms with Gasteiger partial charge >= 0.3 is 0 Å². The van der Waals surface area contributed by atoms with Crippen molar-refractivity contribution in [1.29, 1.82) is 0 Å². The summed E-state index contributed by atoms with van der Waals surface area (Å²) in [7, 11) is 0. The maximum atomic E-state index is 6.32. The standard InChI is InChI=1S/C40H24O/c1-3-9-29-25(7-1)15-19-35-31(11-5-13-33(29)35)27-17-21-39-37(23-27)38-24-28(18-22-40(38)41-39)32-12-6-14-34-30-10-4-2-8-26(30)16-20-36(32)34/h1-24H. The van der Waals surface area contributed by atoms with Crippen LogP contribution in [0, 0.1) is 0 Å². The lowest BCUT2D eigenvalue weighted by molar-refractivity contribution is 0.669. The Balaban J connectivity index is 1.25. The van der Waals surface area contributed by atoms with Crippen molar-refractivity contribution in [3.05, 3.63) is 146 Å². The summed E-state index contributed by atoms with van der Waals surface area (Å²) in [4.78, 5) is 0. The lowest BCUT2D eigenvalue weighted by Crippen LogP contribution is -1.84. The Bertz CT molecular complexity index is 2300. The number of fused-ring (bicyclic) bond motifs is 9. The first-order chi connectivity index (χ1) is 20.3. The predicted octanol–water partition coefficient (Wildman–Crippen LogP) is 11.5. The first-order valence-electron chi connectivity index (χ1n) is 14.1. The minimum atomic E-state index is 0.913. The monoisotopic (exact) mass is 520 g/mol. The normalized spacial score (nSPS) is 11.9. The third-order valence-corrected chi connectivity index (χ3v) is 8.66. The molecule has 0 aliphatic carbocycles. The molecule has 0 aliphatic rings. The van der Waals surface area contributed by atoms with E-state index >= 15 is 0 Å². The fourth-order valence-electron chi connectivity index (χ4n) is 6.70. The number of benzene rings is 8. The van der Waals surface area contributed by atoms with Crippen molar-refractivity contribution >= 4 is 65.0 Å². The number of furan rings is 1.